The quantitative estimate of drug-likeness (QED) is 0.100. The Balaban J connectivity index is 0.996. The van der Waals surface area contributed by atoms with E-state index < -0.39 is 26.1 Å². The molecular formula is C44H52N6O8S. The molecule has 14 nitrogen and oxygen atoms in total. The van der Waals surface area contributed by atoms with Gasteiger partial charge in [-0.15, -0.1) is 0 Å². The predicted octanol–water partition coefficient (Wildman–Crippen LogP) is 7.06. The molecule has 2 aliphatic heterocycles. The third-order valence-corrected chi connectivity index (χ3v) is 12.8. The van der Waals surface area contributed by atoms with Gasteiger partial charge in [0.2, 0.25) is 0 Å². The number of hydrogen-bond acceptors (Lipinski definition) is 10. The number of benzene rings is 3. The average molecular weight is 825 g/mol. The first-order valence-electron chi connectivity index (χ1n) is 20.1. The van der Waals surface area contributed by atoms with Gasteiger partial charge in [-0.25, -0.2) is 17.2 Å². The molecule has 2 aromatic heterocycles. The number of carbonyl (C=O) groups is 1. The summed E-state index contributed by atoms with van der Waals surface area (Å²) in [7, 11) is -2.63. The fourth-order valence-electron chi connectivity index (χ4n) is 7.82. The minimum Gasteiger partial charge on any atom is -0.457 e. The van der Waals surface area contributed by atoms with Crippen LogP contribution in [0.5, 0.6) is 11.5 Å². The van der Waals surface area contributed by atoms with Crippen molar-refractivity contribution >= 4 is 32.7 Å². The van der Waals surface area contributed by atoms with Crippen LogP contribution >= 0.6 is 0 Å². The molecule has 0 N–H and O–H groups in total. The summed E-state index contributed by atoms with van der Waals surface area (Å²) < 4.78 is 41.7. The summed E-state index contributed by atoms with van der Waals surface area (Å²) in [5.41, 5.74) is 1.49. The van der Waals surface area contributed by atoms with E-state index in [0.29, 0.717) is 33.9 Å². The number of nitro benzene ring substituents is 1. The molecule has 0 saturated carbocycles. The highest BCUT2D eigenvalue weighted by atomic mass is 32.2. The van der Waals surface area contributed by atoms with Gasteiger partial charge in [0.1, 0.15) is 22.6 Å². The second kappa shape index (κ2) is 17.0. The molecule has 0 radical (unpaired) electrons. The van der Waals surface area contributed by atoms with E-state index in [-0.39, 0.29) is 22.2 Å². The van der Waals surface area contributed by atoms with Crippen molar-refractivity contribution in [3.63, 3.8) is 0 Å². The van der Waals surface area contributed by atoms with E-state index in [1.165, 1.54) is 54.2 Å². The minimum absolute atomic E-state index is 0.0279. The first kappa shape index (κ1) is 41.6. The molecule has 2 aliphatic rings. The summed E-state index contributed by atoms with van der Waals surface area (Å²) in [6, 6.07) is 19.9. The first-order chi connectivity index (χ1) is 28.1. The van der Waals surface area contributed by atoms with Crippen LogP contribution in [0, 0.1) is 23.0 Å². The maximum atomic E-state index is 13.8. The highest BCUT2D eigenvalue weighted by Gasteiger charge is 2.29. The third-order valence-electron chi connectivity index (χ3n) is 11.1. The van der Waals surface area contributed by atoms with Crippen LogP contribution in [0.4, 0.5) is 10.5 Å². The molecule has 0 unspecified atom stereocenters. The van der Waals surface area contributed by atoms with E-state index >= 15 is 0 Å². The van der Waals surface area contributed by atoms with Crippen molar-refractivity contribution < 1.29 is 27.6 Å². The number of amides is 1. The number of aromatic nitrogens is 2. The molecule has 0 atom stereocenters. The van der Waals surface area contributed by atoms with Crippen LogP contribution in [0.1, 0.15) is 44.7 Å². The van der Waals surface area contributed by atoms with Crippen LogP contribution in [0.3, 0.4) is 0 Å². The van der Waals surface area contributed by atoms with Gasteiger partial charge in [-0.05, 0) is 94.8 Å². The smallest absolute Gasteiger partial charge is 0.410 e. The number of hydrogen-bond donors (Lipinski definition) is 0. The summed E-state index contributed by atoms with van der Waals surface area (Å²) in [5, 5.41) is 12.2. The Morgan fingerprint density at radius 3 is 2.19 bits per heavy atom. The maximum absolute atomic E-state index is 13.8. The molecule has 59 heavy (non-hydrogen) atoms. The van der Waals surface area contributed by atoms with Crippen molar-refractivity contribution in [2.75, 3.05) is 52.4 Å². The van der Waals surface area contributed by atoms with E-state index in [1.54, 1.807) is 18.3 Å². The lowest BCUT2D eigenvalue weighted by molar-refractivity contribution is -0.384. The topological polar surface area (TPSA) is 149 Å². The van der Waals surface area contributed by atoms with E-state index in [0.717, 1.165) is 86.7 Å². The van der Waals surface area contributed by atoms with Gasteiger partial charge >= 0.3 is 6.09 Å². The van der Waals surface area contributed by atoms with E-state index in [2.05, 4.69) is 9.80 Å². The van der Waals surface area contributed by atoms with Crippen LogP contribution in [0.25, 0.3) is 22.0 Å². The monoisotopic (exact) mass is 824 g/mol. The van der Waals surface area contributed by atoms with Crippen LogP contribution in [-0.2, 0) is 28.2 Å². The fourth-order valence-corrected chi connectivity index (χ4v) is 9.17. The molecule has 0 spiro atoms. The van der Waals surface area contributed by atoms with Crippen molar-refractivity contribution in [2.24, 2.45) is 13.0 Å². The van der Waals surface area contributed by atoms with Crippen LogP contribution in [-0.4, -0.2) is 101 Å². The number of nitro groups is 1. The van der Waals surface area contributed by atoms with Crippen molar-refractivity contribution in [3.8, 4) is 22.6 Å². The highest BCUT2D eigenvalue weighted by Crippen LogP contribution is 2.39. The Bertz CT molecular complexity index is 2490. The lowest BCUT2D eigenvalue weighted by atomic mass is 9.96. The standard InChI is InChI=1S/C44H52N6O8S/c1-31-6-13-36(14-7-31)59(55,56)49-23-19-37-39(30-45(5)42(51)41(37)49)38-28-34(50(53)54)10-15-40(38)57-35-11-8-32(9-12-35)16-20-46-24-26-47(27-25-46)29-33-17-21-48(22-18-33)43(52)58-44(2,3)4/h6-15,19,23,28,30,33H,16-18,20-22,24-27,29H2,1-5H3. The highest BCUT2D eigenvalue weighted by molar-refractivity contribution is 7.90. The normalized spacial score (nSPS) is 16.1. The zero-order chi connectivity index (χ0) is 42.1. The fraction of sp³-hybridized carbons (Fsp3) is 0.409. The number of nitrogens with zero attached hydrogens (tertiary/aromatic N) is 6. The van der Waals surface area contributed by atoms with Crippen molar-refractivity contribution in [1.82, 2.24) is 23.2 Å². The Labute approximate surface area is 344 Å². The maximum Gasteiger partial charge on any atom is 0.410 e. The molecule has 1 amide bonds. The van der Waals surface area contributed by atoms with Crippen LogP contribution in [0.15, 0.2) is 94.9 Å². The number of piperazine rings is 1. The average Bonchev–Trinajstić information content (AvgIpc) is 3.66. The Morgan fingerprint density at radius 1 is 0.881 bits per heavy atom. The molecule has 3 aromatic carbocycles. The van der Waals surface area contributed by atoms with Gasteiger partial charge in [0.25, 0.3) is 21.3 Å². The molecule has 0 bridgehead atoms. The van der Waals surface area contributed by atoms with Crippen LogP contribution < -0.4 is 10.3 Å². The number of ether oxygens (including phenoxy) is 2. The number of pyridine rings is 1. The Kier molecular flexibility index (Phi) is 12.0. The minimum atomic E-state index is -4.14. The van der Waals surface area contributed by atoms with Gasteiger partial charge in [0, 0.05) is 100 Å². The van der Waals surface area contributed by atoms with Gasteiger partial charge < -0.3 is 28.7 Å². The van der Waals surface area contributed by atoms with Gasteiger partial charge in [-0.3, -0.25) is 14.9 Å². The van der Waals surface area contributed by atoms with E-state index in [9.17, 15) is 28.1 Å². The summed E-state index contributed by atoms with van der Waals surface area (Å²) >= 11 is 0. The predicted molar refractivity (Wildman–Crippen MR) is 227 cm³/mol. The number of aryl methyl sites for hydroxylation is 2. The zero-order valence-corrected chi connectivity index (χ0v) is 35.1. The number of rotatable bonds is 11. The van der Waals surface area contributed by atoms with Gasteiger partial charge in [0.15, 0.2) is 0 Å². The molecule has 7 rings (SSSR count). The Hall–Kier alpha value is -5.51. The SMILES string of the molecule is Cc1ccc(S(=O)(=O)n2ccc3c(-c4cc([N+](=O)[O-])ccc4Oc4ccc(CCN5CCN(CC6CCN(C(=O)OC(C)(C)C)CC6)CC5)cc4)cn(C)c(=O)c32)cc1. The molecule has 312 valence electrons. The number of non-ortho nitro benzene ring substituents is 1. The van der Waals surface area contributed by atoms with Crippen molar-refractivity contribution in [1.29, 1.82) is 0 Å². The number of likely N-dealkylation sites (tertiary alicyclic amines) is 1. The Morgan fingerprint density at radius 2 is 1.54 bits per heavy atom. The number of fused-ring (bicyclic) bond motifs is 1. The number of carbonyl (C=O) groups excluding carboxylic acids is 1. The molecular weight excluding hydrogens is 773 g/mol. The summed E-state index contributed by atoms with van der Waals surface area (Å²) in [6.45, 7) is 15.1. The van der Waals surface area contributed by atoms with Crippen LogP contribution in [0.2, 0.25) is 0 Å². The second-order valence-electron chi connectivity index (χ2n) is 16.6. The summed E-state index contributed by atoms with van der Waals surface area (Å²) in [4.78, 5) is 44.3. The van der Waals surface area contributed by atoms with Gasteiger partial charge in [-0.1, -0.05) is 29.8 Å². The van der Waals surface area contributed by atoms with Crippen molar-refractivity contribution in [2.45, 2.75) is 57.5 Å². The first-order valence-corrected chi connectivity index (χ1v) is 21.5. The largest absolute Gasteiger partial charge is 0.457 e. The molecule has 4 heterocycles. The van der Waals surface area contributed by atoms with E-state index in [1.807, 2.05) is 56.9 Å². The molecule has 2 saturated heterocycles. The summed E-state index contributed by atoms with van der Waals surface area (Å²) in [5.74, 6) is 1.42. The second-order valence-corrected chi connectivity index (χ2v) is 18.5. The van der Waals surface area contributed by atoms with Gasteiger partial charge in [0.05, 0.1) is 9.82 Å². The zero-order valence-electron chi connectivity index (χ0n) is 34.3. The molecule has 0 aliphatic carbocycles. The third kappa shape index (κ3) is 9.53. The lowest BCUT2D eigenvalue weighted by Crippen LogP contribution is -2.49. The molecule has 2 fully saturated rings. The summed E-state index contributed by atoms with van der Waals surface area (Å²) in [6.07, 6.45) is 5.52. The van der Waals surface area contributed by atoms with Gasteiger partial charge in [-0.2, -0.15) is 0 Å². The van der Waals surface area contributed by atoms with Crippen molar-refractivity contribution in [3.05, 3.63) is 117 Å². The lowest BCUT2D eigenvalue weighted by Gasteiger charge is -2.39. The number of piperidine rings is 1. The molecule has 15 heteroatoms. The molecule has 5 aromatic rings. The van der Waals surface area contributed by atoms with E-state index in [4.69, 9.17) is 9.47 Å².